The number of nitrogens with one attached hydrogen (secondary N) is 1. The summed E-state index contributed by atoms with van der Waals surface area (Å²) in [6.07, 6.45) is 1.29. The summed E-state index contributed by atoms with van der Waals surface area (Å²) in [5, 5.41) is 15.1. The molecule has 0 aliphatic rings. The average molecular weight is 322 g/mol. The van der Waals surface area contributed by atoms with Crippen molar-refractivity contribution in [1.29, 1.82) is 0 Å². The van der Waals surface area contributed by atoms with Crippen LogP contribution in [0.25, 0.3) is 0 Å². The summed E-state index contributed by atoms with van der Waals surface area (Å²) in [5.74, 6) is 0. The summed E-state index contributed by atoms with van der Waals surface area (Å²) in [6.45, 7) is -0.173. The van der Waals surface area contributed by atoms with E-state index in [1.807, 2.05) is 0 Å². The van der Waals surface area contributed by atoms with Crippen molar-refractivity contribution < 1.29 is 13.5 Å². The smallest absolute Gasteiger partial charge is 0.260 e. The second kappa shape index (κ2) is 5.59. The third-order valence-electron chi connectivity index (χ3n) is 2.52. The number of H-pyrrole nitrogens is 1. The zero-order valence-corrected chi connectivity index (χ0v) is 12.4. The largest absolute Gasteiger partial charge is 0.392 e. The zero-order valence-electron chi connectivity index (χ0n) is 10.00. The quantitative estimate of drug-likeness (QED) is 0.872. The van der Waals surface area contributed by atoms with Crippen molar-refractivity contribution in [2.75, 3.05) is 7.05 Å². The zero-order chi connectivity index (χ0) is 14.0. The third kappa shape index (κ3) is 2.98. The number of aromatic nitrogens is 2. The second-order valence-electron chi connectivity index (χ2n) is 3.85. The Morgan fingerprint density at radius 1 is 1.53 bits per heavy atom. The first-order valence-corrected chi connectivity index (χ1v) is 7.92. The Morgan fingerprint density at radius 2 is 2.26 bits per heavy atom. The summed E-state index contributed by atoms with van der Waals surface area (Å²) < 4.78 is 26.4. The molecule has 2 heterocycles. The van der Waals surface area contributed by atoms with Crippen molar-refractivity contribution in [3.05, 3.63) is 33.1 Å². The number of halogens is 1. The van der Waals surface area contributed by atoms with E-state index < -0.39 is 10.0 Å². The van der Waals surface area contributed by atoms with Crippen molar-refractivity contribution in [1.82, 2.24) is 14.5 Å². The van der Waals surface area contributed by atoms with Crippen molar-refractivity contribution in [3.63, 3.8) is 0 Å². The predicted molar refractivity (Wildman–Crippen MR) is 72.5 cm³/mol. The minimum Gasteiger partial charge on any atom is -0.392 e. The molecule has 2 aromatic rings. The van der Waals surface area contributed by atoms with Crippen molar-refractivity contribution >= 4 is 33.0 Å². The molecule has 0 aromatic carbocycles. The van der Waals surface area contributed by atoms with E-state index in [1.54, 1.807) is 12.1 Å². The number of aromatic amines is 1. The van der Waals surface area contributed by atoms with Crippen molar-refractivity contribution in [3.8, 4) is 0 Å². The van der Waals surface area contributed by atoms with Crippen LogP contribution in [-0.4, -0.2) is 35.1 Å². The Kier molecular flexibility index (Phi) is 4.26. The Morgan fingerprint density at radius 3 is 2.84 bits per heavy atom. The highest BCUT2D eigenvalue weighted by molar-refractivity contribution is 7.89. The molecule has 104 valence electrons. The molecule has 0 atom stereocenters. The van der Waals surface area contributed by atoms with Gasteiger partial charge in [-0.15, -0.1) is 11.3 Å². The molecular weight excluding hydrogens is 310 g/mol. The Labute approximate surface area is 119 Å². The number of hydrogen-bond acceptors (Lipinski definition) is 5. The van der Waals surface area contributed by atoms with E-state index in [0.29, 0.717) is 4.34 Å². The first-order chi connectivity index (χ1) is 8.95. The first-order valence-electron chi connectivity index (χ1n) is 5.29. The minimum absolute atomic E-state index is 0.0832. The van der Waals surface area contributed by atoms with Crippen LogP contribution >= 0.6 is 22.9 Å². The van der Waals surface area contributed by atoms with E-state index in [-0.39, 0.29) is 23.7 Å². The number of sulfonamides is 1. The van der Waals surface area contributed by atoms with Gasteiger partial charge >= 0.3 is 0 Å². The van der Waals surface area contributed by atoms with Crippen LogP contribution in [0.15, 0.2) is 23.4 Å². The topological polar surface area (TPSA) is 86.3 Å². The lowest BCUT2D eigenvalue weighted by molar-refractivity contribution is 0.278. The average Bonchev–Trinajstić information content (AvgIpc) is 2.97. The van der Waals surface area contributed by atoms with Gasteiger partial charge in [0.05, 0.1) is 17.1 Å². The molecule has 0 radical (unpaired) electrons. The maximum absolute atomic E-state index is 12.3. The molecular formula is C10H12ClN3O3S2. The van der Waals surface area contributed by atoms with Gasteiger partial charge < -0.3 is 5.11 Å². The van der Waals surface area contributed by atoms with E-state index in [0.717, 1.165) is 4.88 Å². The monoisotopic (exact) mass is 321 g/mol. The molecule has 0 saturated carbocycles. The summed E-state index contributed by atoms with van der Waals surface area (Å²) in [6, 6.07) is 3.50. The summed E-state index contributed by atoms with van der Waals surface area (Å²) >= 11 is 7.13. The van der Waals surface area contributed by atoms with Gasteiger partial charge in [0.25, 0.3) is 10.0 Å². The minimum atomic E-state index is -3.71. The fraction of sp³-hybridized carbons (Fsp3) is 0.300. The molecule has 0 saturated heterocycles. The molecule has 0 aliphatic carbocycles. The molecule has 9 heteroatoms. The molecule has 0 unspecified atom stereocenters. The lowest BCUT2D eigenvalue weighted by Crippen LogP contribution is -2.27. The number of nitrogens with zero attached hydrogens (tertiary/aromatic N) is 2. The van der Waals surface area contributed by atoms with E-state index in [9.17, 15) is 8.42 Å². The highest BCUT2D eigenvalue weighted by atomic mass is 35.5. The third-order valence-corrected chi connectivity index (χ3v) is 5.56. The SMILES string of the molecule is CN(Cc1ccc(Cl)s1)S(=O)(=O)c1[nH]ncc1CO. The number of hydrogen-bond donors (Lipinski definition) is 2. The van der Waals surface area contributed by atoms with Crippen LogP contribution in [0.1, 0.15) is 10.4 Å². The van der Waals surface area contributed by atoms with Gasteiger partial charge in [-0.1, -0.05) is 11.6 Å². The van der Waals surface area contributed by atoms with E-state index in [4.69, 9.17) is 16.7 Å². The van der Waals surface area contributed by atoms with Crippen LogP contribution < -0.4 is 0 Å². The number of rotatable bonds is 5. The highest BCUT2D eigenvalue weighted by Crippen LogP contribution is 2.24. The molecule has 2 aromatic heterocycles. The molecule has 0 fully saturated rings. The van der Waals surface area contributed by atoms with Gasteiger partial charge in [-0.3, -0.25) is 5.10 Å². The van der Waals surface area contributed by atoms with Gasteiger partial charge in [0, 0.05) is 24.0 Å². The number of aliphatic hydroxyl groups excluding tert-OH is 1. The fourth-order valence-corrected chi connectivity index (χ4v) is 3.99. The maximum Gasteiger partial charge on any atom is 0.260 e. The van der Waals surface area contributed by atoms with Crippen molar-refractivity contribution in [2.24, 2.45) is 0 Å². The summed E-state index contributed by atoms with van der Waals surface area (Å²) in [5.41, 5.74) is 0.246. The van der Waals surface area contributed by atoms with Crippen LogP contribution in [0.4, 0.5) is 0 Å². The van der Waals surface area contributed by atoms with Crippen LogP contribution in [0.3, 0.4) is 0 Å². The number of thiophene rings is 1. The second-order valence-corrected chi connectivity index (χ2v) is 7.63. The lowest BCUT2D eigenvalue weighted by Gasteiger charge is -2.15. The Balaban J connectivity index is 2.24. The van der Waals surface area contributed by atoms with Gasteiger partial charge in [0.2, 0.25) is 0 Å². The number of aliphatic hydroxyl groups is 1. The van der Waals surface area contributed by atoms with Crippen LogP contribution in [0.2, 0.25) is 4.34 Å². The van der Waals surface area contributed by atoms with Gasteiger partial charge in [-0.05, 0) is 12.1 Å². The molecule has 6 nitrogen and oxygen atoms in total. The fourth-order valence-electron chi connectivity index (χ4n) is 1.53. The van der Waals surface area contributed by atoms with Crippen LogP contribution in [0.5, 0.6) is 0 Å². The van der Waals surface area contributed by atoms with Gasteiger partial charge in [0.15, 0.2) is 5.03 Å². The van der Waals surface area contributed by atoms with Crippen LogP contribution in [0, 0.1) is 0 Å². The molecule has 2 N–H and O–H groups in total. The molecule has 2 rings (SSSR count). The summed E-state index contributed by atoms with van der Waals surface area (Å²) in [4.78, 5) is 0.834. The van der Waals surface area contributed by atoms with Gasteiger partial charge in [-0.25, -0.2) is 8.42 Å². The Bertz CT molecular complexity index is 665. The highest BCUT2D eigenvalue weighted by Gasteiger charge is 2.26. The molecule has 0 aliphatic heterocycles. The van der Waals surface area contributed by atoms with Crippen LogP contribution in [-0.2, 0) is 23.2 Å². The molecule has 0 bridgehead atoms. The normalized spacial score (nSPS) is 12.2. The van der Waals surface area contributed by atoms with Gasteiger partial charge in [0.1, 0.15) is 0 Å². The molecule has 0 amide bonds. The van der Waals surface area contributed by atoms with Crippen molar-refractivity contribution in [2.45, 2.75) is 18.2 Å². The lowest BCUT2D eigenvalue weighted by atomic mass is 10.4. The van der Waals surface area contributed by atoms with E-state index in [2.05, 4.69) is 10.2 Å². The van der Waals surface area contributed by atoms with Gasteiger partial charge in [-0.2, -0.15) is 9.40 Å². The Hall–Kier alpha value is -0.930. The van der Waals surface area contributed by atoms with E-state index in [1.165, 1.54) is 28.9 Å². The first kappa shape index (κ1) is 14.5. The summed E-state index contributed by atoms with van der Waals surface area (Å²) in [7, 11) is -2.25. The standard InChI is InChI=1S/C10H12ClN3O3S2/c1-14(5-8-2-3-9(11)18-8)19(16,17)10-7(6-15)4-12-13-10/h2-4,15H,5-6H2,1H3,(H,12,13). The maximum atomic E-state index is 12.3. The predicted octanol–water partition coefficient (Wildman–Crippen LogP) is 1.44. The molecule has 19 heavy (non-hydrogen) atoms. The molecule has 0 spiro atoms. The van der Waals surface area contributed by atoms with E-state index >= 15 is 0 Å².